The Kier molecular flexibility index (Phi) is 10.6. The molecule has 12 nitrogen and oxygen atoms in total. The Morgan fingerprint density at radius 1 is 1.08 bits per heavy atom. The van der Waals surface area contributed by atoms with Gasteiger partial charge in [-0.2, -0.15) is 5.10 Å². The summed E-state index contributed by atoms with van der Waals surface area (Å²) in [5.41, 5.74) is 5.23. The molecule has 1 fully saturated rings. The minimum absolute atomic E-state index is 0.0753. The van der Waals surface area contributed by atoms with Crippen LogP contribution in [0.3, 0.4) is 0 Å². The Balaban J connectivity index is 1.14. The van der Waals surface area contributed by atoms with Crippen molar-refractivity contribution in [3.8, 4) is 16.9 Å². The number of carboxylic acids is 1. The molecule has 2 N–H and O–H groups in total. The molecule has 2 aliphatic rings. The minimum Gasteiger partial charge on any atom is -0.490 e. The van der Waals surface area contributed by atoms with Crippen molar-refractivity contribution in [2.45, 2.75) is 38.3 Å². The van der Waals surface area contributed by atoms with Crippen molar-refractivity contribution in [3.05, 3.63) is 99.3 Å². The number of aliphatic carboxylic acids is 1. The van der Waals surface area contributed by atoms with Crippen molar-refractivity contribution in [1.29, 1.82) is 0 Å². The van der Waals surface area contributed by atoms with Crippen LogP contribution in [0, 0.1) is 12.8 Å². The second-order valence-electron chi connectivity index (χ2n) is 12.8. The Morgan fingerprint density at radius 3 is 2.63 bits per heavy atom. The number of sulfone groups is 1. The highest BCUT2D eigenvalue weighted by molar-refractivity contribution is 7.90. The van der Waals surface area contributed by atoms with E-state index in [2.05, 4.69) is 10.4 Å². The van der Waals surface area contributed by atoms with Gasteiger partial charge >= 0.3 is 12.1 Å². The van der Waals surface area contributed by atoms with Gasteiger partial charge in [0.05, 0.1) is 24.2 Å². The van der Waals surface area contributed by atoms with Crippen LogP contribution >= 0.6 is 23.2 Å². The van der Waals surface area contributed by atoms with Gasteiger partial charge in [0, 0.05) is 45.7 Å². The largest absolute Gasteiger partial charge is 0.490 e. The fourth-order valence-electron chi connectivity index (χ4n) is 6.27. The van der Waals surface area contributed by atoms with E-state index in [1.54, 1.807) is 40.0 Å². The predicted molar refractivity (Wildman–Crippen MR) is 193 cm³/mol. The molecule has 4 aromatic rings. The number of halogens is 2. The van der Waals surface area contributed by atoms with E-state index in [1.165, 1.54) is 6.07 Å². The van der Waals surface area contributed by atoms with Crippen molar-refractivity contribution >= 4 is 56.7 Å². The van der Waals surface area contributed by atoms with Gasteiger partial charge in [-0.25, -0.2) is 18.0 Å². The summed E-state index contributed by atoms with van der Waals surface area (Å²) in [6.07, 6.45) is 4.87. The van der Waals surface area contributed by atoms with E-state index in [4.69, 9.17) is 32.7 Å². The van der Waals surface area contributed by atoms with Crippen molar-refractivity contribution in [2.24, 2.45) is 5.92 Å². The molecule has 3 aromatic carbocycles. The van der Waals surface area contributed by atoms with Crippen LogP contribution in [0.25, 0.3) is 11.1 Å². The molecule has 0 saturated heterocycles. The Hall–Kier alpha value is -4.59. The Bertz CT molecular complexity index is 2100. The normalized spacial score (nSPS) is 16.8. The molecule has 3 atom stereocenters. The van der Waals surface area contributed by atoms with Gasteiger partial charge in [0.25, 0.3) is 5.91 Å². The molecule has 51 heavy (non-hydrogen) atoms. The zero-order valence-electron chi connectivity index (χ0n) is 27.8. The molecule has 1 aliphatic carbocycles. The molecule has 0 spiro atoms. The molecule has 15 heteroatoms. The summed E-state index contributed by atoms with van der Waals surface area (Å²) in [5.74, 6) is -1.11. The number of nitrogens with one attached hydrogen (secondary N) is 1. The minimum atomic E-state index is -3.42. The number of rotatable bonds is 13. The lowest BCUT2D eigenvalue weighted by Gasteiger charge is -2.29. The van der Waals surface area contributed by atoms with E-state index < -0.39 is 33.8 Å². The lowest BCUT2D eigenvalue weighted by atomic mass is 9.93. The Morgan fingerprint density at radius 2 is 1.86 bits per heavy atom. The molecule has 6 rings (SSSR count). The van der Waals surface area contributed by atoms with Gasteiger partial charge in [-0.3, -0.25) is 14.4 Å². The van der Waals surface area contributed by atoms with Gasteiger partial charge in [0.15, 0.2) is 0 Å². The number of carbonyl (C=O) groups is 3. The SMILES string of the molecule is Cc1c(Cl)cccc1OCCOC(=O)N1C[C@@H]2C[C@@H]2c2c(-c3cnn(Cc4cc(C(=O)NC(CCS(C)(=O)=O)C(=O)O)ccc4Cl)c3)cccc21. The van der Waals surface area contributed by atoms with Crippen LogP contribution < -0.4 is 15.0 Å². The number of anilines is 1. The summed E-state index contributed by atoms with van der Waals surface area (Å²) in [6.45, 7) is 2.91. The predicted octanol–water partition coefficient (Wildman–Crippen LogP) is 5.97. The molecule has 2 amide bonds. The summed E-state index contributed by atoms with van der Waals surface area (Å²) in [7, 11) is -3.42. The van der Waals surface area contributed by atoms with Crippen LogP contribution in [-0.4, -0.2) is 79.1 Å². The van der Waals surface area contributed by atoms with Crippen LogP contribution in [0.1, 0.15) is 45.8 Å². The zero-order chi connectivity index (χ0) is 36.4. The van der Waals surface area contributed by atoms with Gasteiger partial charge < -0.3 is 19.9 Å². The first-order chi connectivity index (χ1) is 24.3. The number of ether oxygens (including phenoxy) is 2. The van der Waals surface area contributed by atoms with Gasteiger partial charge in [-0.15, -0.1) is 0 Å². The number of hydrogen-bond donors (Lipinski definition) is 2. The van der Waals surface area contributed by atoms with Gasteiger partial charge in [-0.1, -0.05) is 41.4 Å². The highest BCUT2D eigenvalue weighted by atomic mass is 35.5. The highest BCUT2D eigenvalue weighted by Crippen LogP contribution is 2.57. The third-order valence-electron chi connectivity index (χ3n) is 9.05. The van der Waals surface area contributed by atoms with E-state index in [1.807, 2.05) is 37.4 Å². The summed E-state index contributed by atoms with van der Waals surface area (Å²) in [6, 6.07) is 14.4. The highest BCUT2D eigenvalue weighted by Gasteiger charge is 2.48. The molecule has 1 aromatic heterocycles. The van der Waals surface area contributed by atoms with Crippen molar-refractivity contribution in [3.63, 3.8) is 0 Å². The van der Waals surface area contributed by atoms with Crippen LogP contribution in [0.4, 0.5) is 10.5 Å². The number of fused-ring (bicyclic) bond motifs is 3. The zero-order valence-corrected chi connectivity index (χ0v) is 30.2. The van der Waals surface area contributed by atoms with Crippen LogP contribution in [-0.2, 0) is 25.9 Å². The van der Waals surface area contributed by atoms with Crippen molar-refractivity contribution in [2.75, 3.05) is 36.7 Å². The van der Waals surface area contributed by atoms with Crippen molar-refractivity contribution in [1.82, 2.24) is 15.1 Å². The summed E-state index contributed by atoms with van der Waals surface area (Å²) >= 11 is 12.7. The van der Waals surface area contributed by atoms with Crippen LogP contribution in [0.2, 0.25) is 10.0 Å². The first-order valence-electron chi connectivity index (χ1n) is 16.3. The first kappa shape index (κ1) is 36.2. The number of nitrogens with zero attached hydrogens (tertiary/aromatic N) is 3. The van der Waals surface area contributed by atoms with Crippen LogP contribution in [0.15, 0.2) is 67.0 Å². The third kappa shape index (κ3) is 8.49. The molecule has 0 radical (unpaired) electrons. The quantitative estimate of drug-likeness (QED) is 0.157. The molecule has 0 bridgehead atoms. The van der Waals surface area contributed by atoms with Crippen molar-refractivity contribution < 1.29 is 37.4 Å². The number of amides is 2. The molecule has 1 unspecified atom stereocenters. The van der Waals surface area contributed by atoms with E-state index in [9.17, 15) is 27.9 Å². The molecule has 2 heterocycles. The topological polar surface area (TPSA) is 157 Å². The first-order valence-corrected chi connectivity index (χ1v) is 19.1. The van der Waals surface area contributed by atoms with Gasteiger partial charge in [-0.05, 0) is 84.7 Å². The average molecular weight is 756 g/mol. The van der Waals surface area contributed by atoms with Gasteiger partial charge in [0.2, 0.25) is 0 Å². The summed E-state index contributed by atoms with van der Waals surface area (Å²) in [5, 5.41) is 17.4. The molecular formula is C36H36Cl2N4O8S. The second kappa shape index (κ2) is 14.9. The monoisotopic (exact) mass is 754 g/mol. The maximum Gasteiger partial charge on any atom is 0.414 e. The number of benzene rings is 3. The average Bonchev–Trinajstić information content (AvgIpc) is 3.74. The van der Waals surface area contributed by atoms with E-state index in [-0.39, 0.29) is 37.5 Å². The molecular weight excluding hydrogens is 719 g/mol. The Labute approximate surface area is 305 Å². The maximum absolute atomic E-state index is 13.3. The third-order valence-corrected chi connectivity index (χ3v) is 10.8. The molecule has 1 saturated carbocycles. The second-order valence-corrected chi connectivity index (χ2v) is 15.9. The molecule has 268 valence electrons. The van der Waals surface area contributed by atoms with Crippen LogP contribution in [0.5, 0.6) is 5.75 Å². The lowest BCUT2D eigenvalue weighted by molar-refractivity contribution is -0.139. The number of aromatic nitrogens is 2. The van der Waals surface area contributed by atoms with E-state index >= 15 is 0 Å². The summed E-state index contributed by atoms with van der Waals surface area (Å²) < 4.78 is 36.2. The number of hydrogen-bond acceptors (Lipinski definition) is 8. The fourth-order valence-corrected chi connectivity index (χ4v) is 7.28. The maximum atomic E-state index is 13.3. The lowest BCUT2D eigenvalue weighted by Crippen LogP contribution is -2.41. The standard InChI is InChI=1S/C36H36Cl2N4O8S/c1-21-28(37)6-4-8-32(21)49-12-13-50-36(46)42-20-23-16-27(23)33-26(5-3-7-31(33)42)25-17-39-41(19-25)18-24-15-22(9-10-29(24)38)34(43)40-30(35(44)45)11-14-51(2,47)48/h3-10,15,17,19,23,27,30H,11-14,16,18,20H2,1-2H3,(H,40,43)(H,44,45)/t23-,27-,30?/m0/s1. The summed E-state index contributed by atoms with van der Waals surface area (Å²) in [4.78, 5) is 39.6. The number of carbonyl (C=O) groups excluding carboxylic acids is 2. The van der Waals surface area contributed by atoms with E-state index in [0.717, 1.165) is 40.6 Å². The van der Waals surface area contributed by atoms with Gasteiger partial charge in [0.1, 0.15) is 34.8 Å². The molecule has 1 aliphatic heterocycles. The van der Waals surface area contributed by atoms with E-state index in [0.29, 0.717) is 39.7 Å². The number of carboxylic acid groups (broad SMARTS) is 1. The fraction of sp³-hybridized carbons (Fsp3) is 0.333. The smallest absolute Gasteiger partial charge is 0.414 e.